The molecule has 1 amide bonds. The number of piperidine rings is 1. The summed E-state index contributed by atoms with van der Waals surface area (Å²) >= 11 is 6.37. The summed E-state index contributed by atoms with van der Waals surface area (Å²) in [6.45, 7) is 5.69. The molecule has 32 heavy (non-hydrogen) atoms. The van der Waals surface area contributed by atoms with Crippen molar-refractivity contribution in [3.8, 4) is 0 Å². The van der Waals surface area contributed by atoms with Crippen LogP contribution in [-0.2, 0) is 9.59 Å². The van der Waals surface area contributed by atoms with Crippen LogP contribution in [0, 0.1) is 12.8 Å². The summed E-state index contributed by atoms with van der Waals surface area (Å²) in [7, 11) is 0. The number of hydrogen-bond donors (Lipinski definition) is 1. The Morgan fingerprint density at radius 1 is 1.31 bits per heavy atom. The third kappa shape index (κ3) is 4.42. The van der Waals surface area contributed by atoms with E-state index in [2.05, 4.69) is 11.8 Å². The number of aromatic nitrogens is 2. The van der Waals surface area contributed by atoms with Crippen molar-refractivity contribution < 1.29 is 14.7 Å². The maximum Gasteiger partial charge on any atom is 0.305 e. The monoisotopic (exact) mass is 472 g/mol. The minimum atomic E-state index is -1.00. The fourth-order valence-corrected chi connectivity index (χ4v) is 5.16. The van der Waals surface area contributed by atoms with Crippen molar-refractivity contribution in [2.75, 3.05) is 24.5 Å². The van der Waals surface area contributed by atoms with E-state index < -0.39 is 5.97 Å². The van der Waals surface area contributed by atoms with Gasteiger partial charge >= 0.3 is 5.97 Å². The number of aryl methyl sites for hydroxylation is 1. The highest BCUT2D eigenvalue weighted by molar-refractivity contribution is 8.26. The van der Waals surface area contributed by atoms with E-state index in [1.165, 1.54) is 9.30 Å². The lowest BCUT2D eigenvalue weighted by atomic mass is 9.99. The SMILES string of the molecule is Cc1ccc2nc(N3CCC(C)CC3)c(/C=C3/SC(=S)N(CCC(=O)O)C3=O)c(=O)n2c1. The van der Waals surface area contributed by atoms with Gasteiger partial charge in [-0.1, -0.05) is 37.0 Å². The van der Waals surface area contributed by atoms with E-state index in [4.69, 9.17) is 22.3 Å². The minimum Gasteiger partial charge on any atom is -0.481 e. The van der Waals surface area contributed by atoms with Crippen LogP contribution in [0.1, 0.15) is 37.3 Å². The number of thioether (sulfide) groups is 1. The second kappa shape index (κ2) is 9.03. The molecule has 0 aliphatic carbocycles. The van der Waals surface area contributed by atoms with Gasteiger partial charge in [0.2, 0.25) is 0 Å². The molecule has 10 heteroatoms. The molecule has 0 spiro atoms. The van der Waals surface area contributed by atoms with Crippen molar-refractivity contribution >= 4 is 57.7 Å². The summed E-state index contributed by atoms with van der Waals surface area (Å²) in [5, 5.41) is 8.95. The number of carboxylic acid groups (broad SMARTS) is 1. The summed E-state index contributed by atoms with van der Waals surface area (Å²) in [6.07, 6.45) is 5.12. The molecule has 0 aromatic carbocycles. The maximum atomic E-state index is 13.5. The summed E-state index contributed by atoms with van der Waals surface area (Å²) in [5.41, 5.74) is 1.58. The van der Waals surface area contributed by atoms with Crippen LogP contribution in [0.3, 0.4) is 0 Å². The highest BCUT2D eigenvalue weighted by atomic mass is 32.2. The lowest BCUT2D eigenvalue weighted by Crippen LogP contribution is -2.36. The average molecular weight is 473 g/mol. The Morgan fingerprint density at radius 3 is 2.72 bits per heavy atom. The van der Waals surface area contributed by atoms with Gasteiger partial charge in [-0.15, -0.1) is 0 Å². The number of nitrogens with zero attached hydrogens (tertiary/aromatic N) is 4. The zero-order valence-corrected chi connectivity index (χ0v) is 19.5. The van der Waals surface area contributed by atoms with E-state index in [0.29, 0.717) is 32.2 Å². The normalized spacial score (nSPS) is 18.9. The summed E-state index contributed by atoms with van der Waals surface area (Å²) in [5.74, 6) is -0.198. The van der Waals surface area contributed by atoms with Crippen molar-refractivity contribution in [2.45, 2.75) is 33.1 Å². The molecule has 2 aliphatic heterocycles. The van der Waals surface area contributed by atoms with Gasteiger partial charge in [-0.2, -0.15) is 0 Å². The van der Waals surface area contributed by atoms with Crippen LogP contribution < -0.4 is 10.5 Å². The molecule has 168 valence electrons. The molecule has 4 rings (SSSR count). The maximum absolute atomic E-state index is 13.5. The van der Waals surface area contributed by atoms with Gasteiger partial charge in [0, 0.05) is 25.8 Å². The Hall–Kier alpha value is -2.72. The lowest BCUT2D eigenvalue weighted by Gasteiger charge is -2.32. The Kier molecular flexibility index (Phi) is 6.34. The van der Waals surface area contributed by atoms with Crippen molar-refractivity contribution in [3.05, 3.63) is 44.7 Å². The molecule has 0 radical (unpaired) electrons. The van der Waals surface area contributed by atoms with Gasteiger partial charge in [0.05, 0.1) is 16.9 Å². The number of hydrogen-bond acceptors (Lipinski definition) is 7. The zero-order valence-electron chi connectivity index (χ0n) is 17.9. The fourth-order valence-electron chi connectivity index (χ4n) is 3.87. The van der Waals surface area contributed by atoms with Gasteiger partial charge in [-0.05, 0) is 43.4 Å². The Morgan fingerprint density at radius 2 is 2.03 bits per heavy atom. The van der Waals surface area contributed by atoms with Crippen LogP contribution in [0.4, 0.5) is 5.82 Å². The van der Waals surface area contributed by atoms with Gasteiger partial charge in [0.15, 0.2) is 0 Å². The molecular formula is C22H24N4O4S2. The summed E-state index contributed by atoms with van der Waals surface area (Å²) < 4.78 is 1.79. The number of carbonyl (C=O) groups is 2. The molecule has 0 bridgehead atoms. The minimum absolute atomic E-state index is 0.00234. The molecule has 0 saturated carbocycles. The quantitative estimate of drug-likeness (QED) is 0.524. The van der Waals surface area contributed by atoms with Gasteiger partial charge in [0.25, 0.3) is 11.5 Å². The number of carboxylic acids is 1. The number of fused-ring (bicyclic) bond motifs is 1. The second-order valence-corrected chi connectivity index (χ2v) is 9.91. The molecule has 4 heterocycles. The molecule has 8 nitrogen and oxygen atoms in total. The topological polar surface area (TPSA) is 95.2 Å². The number of carbonyl (C=O) groups excluding carboxylic acids is 1. The predicted octanol–water partition coefficient (Wildman–Crippen LogP) is 2.92. The standard InChI is InChI=1S/C22H24N4O4S2/c1-13-5-8-24(9-6-13)19-15(20(29)26-12-14(2)3-4-17(26)23-19)11-16-21(30)25(22(31)32-16)10-7-18(27)28/h3-4,11-13H,5-10H2,1-2H3,(H,27,28)/b16-11+. The van der Waals surface area contributed by atoms with Crippen LogP contribution in [0.15, 0.2) is 28.0 Å². The first kappa shape index (κ1) is 22.5. The highest BCUT2D eigenvalue weighted by Crippen LogP contribution is 2.34. The predicted molar refractivity (Wildman–Crippen MR) is 129 cm³/mol. The summed E-state index contributed by atoms with van der Waals surface area (Å²) in [4.78, 5) is 45.8. The highest BCUT2D eigenvalue weighted by Gasteiger charge is 2.33. The first-order valence-corrected chi connectivity index (χ1v) is 11.7. The van der Waals surface area contributed by atoms with Crippen LogP contribution in [0.25, 0.3) is 11.7 Å². The average Bonchev–Trinajstić information content (AvgIpc) is 3.02. The largest absolute Gasteiger partial charge is 0.481 e. The number of thiocarbonyl (C=S) groups is 1. The lowest BCUT2D eigenvalue weighted by molar-refractivity contribution is -0.137. The smallest absolute Gasteiger partial charge is 0.305 e. The van der Waals surface area contributed by atoms with Crippen LogP contribution in [0.5, 0.6) is 0 Å². The third-order valence-corrected chi connectivity index (χ3v) is 7.14. The summed E-state index contributed by atoms with van der Waals surface area (Å²) in [6, 6.07) is 3.74. The van der Waals surface area contributed by atoms with Crippen LogP contribution in [-0.4, -0.2) is 55.2 Å². The van der Waals surface area contributed by atoms with E-state index in [9.17, 15) is 14.4 Å². The van der Waals surface area contributed by atoms with E-state index in [0.717, 1.165) is 43.3 Å². The van der Waals surface area contributed by atoms with Crippen LogP contribution in [0.2, 0.25) is 0 Å². The zero-order chi connectivity index (χ0) is 23.0. The number of anilines is 1. The third-order valence-electron chi connectivity index (χ3n) is 5.77. The molecule has 1 N–H and O–H groups in total. The number of aliphatic carboxylic acids is 1. The second-order valence-electron chi connectivity index (χ2n) is 8.24. The van der Waals surface area contributed by atoms with Crippen LogP contribution >= 0.6 is 24.0 Å². The van der Waals surface area contributed by atoms with E-state index >= 15 is 0 Å². The van der Waals surface area contributed by atoms with Gasteiger partial charge < -0.3 is 10.0 Å². The van der Waals surface area contributed by atoms with Gasteiger partial charge in [-0.3, -0.25) is 23.7 Å². The van der Waals surface area contributed by atoms with Crippen molar-refractivity contribution in [1.29, 1.82) is 0 Å². The molecule has 0 atom stereocenters. The first-order chi connectivity index (χ1) is 15.2. The Bertz CT molecular complexity index is 1200. The Balaban J connectivity index is 1.80. The number of rotatable bonds is 5. The van der Waals surface area contributed by atoms with E-state index in [1.54, 1.807) is 12.3 Å². The van der Waals surface area contributed by atoms with Crippen molar-refractivity contribution in [3.63, 3.8) is 0 Å². The Labute approximate surface area is 194 Å². The van der Waals surface area contributed by atoms with Gasteiger partial charge in [-0.25, -0.2) is 4.98 Å². The van der Waals surface area contributed by atoms with Gasteiger partial charge in [0.1, 0.15) is 15.8 Å². The van der Waals surface area contributed by atoms with Crippen molar-refractivity contribution in [2.24, 2.45) is 5.92 Å². The van der Waals surface area contributed by atoms with E-state index in [-0.39, 0.29) is 24.4 Å². The number of amides is 1. The first-order valence-electron chi connectivity index (χ1n) is 10.5. The van der Waals surface area contributed by atoms with E-state index in [1.807, 2.05) is 19.1 Å². The van der Waals surface area contributed by atoms with Crippen molar-refractivity contribution in [1.82, 2.24) is 14.3 Å². The molecule has 2 fully saturated rings. The molecule has 2 aliphatic rings. The fraction of sp³-hybridized carbons (Fsp3) is 0.409. The molecule has 0 unspecified atom stereocenters. The molecule has 2 aromatic rings. The molecule has 2 saturated heterocycles. The molecule has 2 aromatic heterocycles. The number of pyridine rings is 1. The molecular weight excluding hydrogens is 448 g/mol.